The van der Waals surface area contributed by atoms with E-state index in [-0.39, 0.29) is 12.1 Å². The molecule has 4 N–H and O–H groups in total. The number of nitroso groups, excluding NO2 is 1. The van der Waals surface area contributed by atoms with Crippen molar-refractivity contribution < 1.29 is 9.53 Å². The maximum Gasteiger partial charge on any atom is 0.249 e. The molecule has 3 aliphatic rings. The summed E-state index contributed by atoms with van der Waals surface area (Å²) in [6, 6.07) is 7.78. The van der Waals surface area contributed by atoms with Gasteiger partial charge in [-0.1, -0.05) is 18.2 Å². The number of ether oxygens (including phenoxy) is 1. The van der Waals surface area contributed by atoms with Crippen LogP contribution >= 0.6 is 0 Å². The van der Waals surface area contributed by atoms with Crippen LogP contribution in [-0.2, 0) is 4.79 Å². The third-order valence-electron chi connectivity index (χ3n) is 8.07. The average molecular weight is 541 g/mol. The lowest BCUT2D eigenvalue weighted by atomic mass is 9.91. The molecule has 0 radical (unpaired) electrons. The van der Waals surface area contributed by atoms with Gasteiger partial charge in [-0.2, -0.15) is 4.91 Å². The standard InChI is InChI=1S/C28H44N8O3/c1-4-24-25(30-20-9-11-21(34-38)12-10-20)32-27(28(2,33-24)26(29)37)31-22-7-5-8-23(19-22)39-18-6-13-36-16-14-35(3)15-17-36/h5,7-8,19-21,27,31H,4,6,9-18H2,1-3H3,(H2,29,37)(H,30,32). The summed E-state index contributed by atoms with van der Waals surface area (Å²) in [6.45, 7) is 9.81. The molecule has 39 heavy (non-hydrogen) atoms. The summed E-state index contributed by atoms with van der Waals surface area (Å²) < 4.78 is 6.05. The van der Waals surface area contributed by atoms with Crippen molar-refractivity contribution in [3.05, 3.63) is 29.2 Å². The Kier molecular flexibility index (Phi) is 9.90. The number of carbonyl (C=O) groups is 1. The number of anilines is 1. The molecule has 214 valence electrons. The Balaban J connectivity index is 1.40. The van der Waals surface area contributed by atoms with Gasteiger partial charge in [0, 0.05) is 50.5 Å². The number of nitrogens with one attached hydrogen (secondary N) is 2. The number of likely N-dealkylation sites (N-methyl/N-ethyl adjacent to an activating group) is 1. The van der Waals surface area contributed by atoms with Crippen LogP contribution in [0.15, 0.2) is 39.4 Å². The molecule has 1 aliphatic carbocycles. The largest absolute Gasteiger partial charge is 0.493 e. The molecule has 11 nitrogen and oxygen atoms in total. The molecule has 2 fully saturated rings. The van der Waals surface area contributed by atoms with Gasteiger partial charge < -0.3 is 30.9 Å². The van der Waals surface area contributed by atoms with E-state index in [4.69, 9.17) is 20.5 Å². The predicted octanol–water partition coefficient (Wildman–Crippen LogP) is 2.62. The van der Waals surface area contributed by atoms with Gasteiger partial charge in [0.05, 0.1) is 18.4 Å². The highest BCUT2D eigenvalue weighted by Gasteiger charge is 2.44. The van der Waals surface area contributed by atoms with Crippen molar-refractivity contribution in [1.82, 2.24) is 15.1 Å². The van der Waals surface area contributed by atoms with E-state index >= 15 is 0 Å². The number of rotatable bonds is 11. The van der Waals surface area contributed by atoms with Crippen molar-refractivity contribution in [2.24, 2.45) is 20.9 Å². The van der Waals surface area contributed by atoms with Crippen LogP contribution < -0.4 is 21.1 Å². The number of nitrogens with zero attached hydrogens (tertiary/aromatic N) is 5. The molecule has 0 spiro atoms. The van der Waals surface area contributed by atoms with Crippen LogP contribution in [0.5, 0.6) is 5.75 Å². The summed E-state index contributed by atoms with van der Waals surface area (Å²) in [5, 5.41) is 10.1. The number of aliphatic imine (C=N–C) groups is 2. The van der Waals surface area contributed by atoms with Gasteiger partial charge >= 0.3 is 0 Å². The lowest BCUT2D eigenvalue weighted by Crippen LogP contribution is -2.57. The molecule has 2 aliphatic heterocycles. The lowest BCUT2D eigenvalue weighted by Gasteiger charge is -2.36. The van der Waals surface area contributed by atoms with Crippen LogP contribution in [0, 0.1) is 4.91 Å². The third-order valence-corrected chi connectivity index (χ3v) is 8.07. The van der Waals surface area contributed by atoms with E-state index in [1.165, 1.54) is 0 Å². The summed E-state index contributed by atoms with van der Waals surface area (Å²) in [5.74, 6) is 0.894. The quantitative estimate of drug-likeness (QED) is 0.290. The molecular weight excluding hydrogens is 496 g/mol. The number of amidine groups is 1. The van der Waals surface area contributed by atoms with Crippen molar-refractivity contribution in [3.63, 3.8) is 0 Å². The minimum atomic E-state index is -1.24. The second-order valence-corrected chi connectivity index (χ2v) is 11.1. The summed E-state index contributed by atoms with van der Waals surface area (Å²) in [4.78, 5) is 38.1. The maximum absolute atomic E-state index is 12.6. The zero-order chi connectivity index (χ0) is 27.8. The monoisotopic (exact) mass is 540 g/mol. The number of primary amides is 1. The van der Waals surface area contributed by atoms with Crippen LogP contribution in [-0.4, -0.2) is 97.4 Å². The molecule has 1 saturated carbocycles. The third kappa shape index (κ3) is 7.54. The lowest BCUT2D eigenvalue weighted by molar-refractivity contribution is -0.122. The minimum absolute atomic E-state index is 0.107. The van der Waals surface area contributed by atoms with E-state index in [0.717, 1.165) is 82.0 Å². The number of piperazine rings is 1. The van der Waals surface area contributed by atoms with Gasteiger partial charge in [-0.3, -0.25) is 9.79 Å². The van der Waals surface area contributed by atoms with Crippen molar-refractivity contribution in [3.8, 4) is 5.75 Å². The highest BCUT2D eigenvalue weighted by molar-refractivity contribution is 6.42. The Hall–Kier alpha value is -3.05. The summed E-state index contributed by atoms with van der Waals surface area (Å²) in [7, 11) is 2.16. The molecule has 0 bridgehead atoms. The summed E-state index contributed by atoms with van der Waals surface area (Å²) in [6.07, 6.45) is 4.09. The Morgan fingerprint density at radius 3 is 2.59 bits per heavy atom. The average Bonchev–Trinajstić information content (AvgIpc) is 2.94. The number of amides is 1. The number of hydrogen-bond donors (Lipinski definition) is 3. The minimum Gasteiger partial charge on any atom is -0.493 e. The highest BCUT2D eigenvalue weighted by Crippen LogP contribution is 2.28. The summed E-state index contributed by atoms with van der Waals surface area (Å²) >= 11 is 0. The van der Waals surface area contributed by atoms with E-state index in [2.05, 4.69) is 32.7 Å². The highest BCUT2D eigenvalue weighted by atomic mass is 16.5. The van der Waals surface area contributed by atoms with Crippen molar-refractivity contribution in [2.45, 2.75) is 76.2 Å². The van der Waals surface area contributed by atoms with Crippen molar-refractivity contribution >= 4 is 23.1 Å². The van der Waals surface area contributed by atoms with Crippen molar-refractivity contribution in [2.75, 3.05) is 51.7 Å². The van der Waals surface area contributed by atoms with Crippen LogP contribution in [0.3, 0.4) is 0 Å². The van der Waals surface area contributed by atoms with Gasteiger partial charge in [0.25, 0.3) is 0 Å². The molecule has 4 rings (SSSR count). The van der Waals surface area contributed by atoms with E-state index in [0.29, 0.717) is 18.9 Å². The topological polar surface area (TPSA) is 137 Å². The zero-order valence-electron chi connectivity index (χ0n) is 23.6. The number of nitrogens with two attached hydrogens (primary N) is 1. The van der Waals surface area contributed by atoms with Gasteiger partial charge in [-0.15, -0.1) is 0 Å². The second-order valence-electron chi connectivity index (χ2n) is 11.1. The first kappa shape index (κ1) is 28.9. The van der Waals surface area contributed by atoms with E-state index in [1.54, 1.807) is 6.92 Å². The predicted molar refractivity (Wildman–Crippen MR) is 156 cm³/mol. The first-order chi connectivity index (χ1) is 18.8. The molecule has 1 saturated heterocycles. The number of hydrogen-bond acceptors (Lipinski definition) is 10. The summed E-state index contributed by atoms with van der Waals surface area (Å²) in [5.41, 5.74) is 6.12. The molecule has 2 heterocycles. The number of benzene rings is 1. The van der Waals surface area contributed by atoms with Crippen molar-refractivity contribution in [1.29, 1.82) is 0 Å². The fourth-order valence-corrected chi connectivity index (χ4v) is 5.36. The molecule has 2 unspecified atom stereocenters. The molecule has 2 atom stereocenters. The molecular formula is C28H44N8O3. The Morgan fingerprint density at radius 2 is 1.92 bits per heavy atom. The number of carbonyl (C=O) groups excluding carboxylic acids is 1. The van der Waals surface area contributed by atoms with Gasteiger partial charge in [-0.05, 0) is 64.6 Å². The fraction of sp³-hybridized carbons (Fsp3) is 0.679. The van der Waals surface area contributed by atoms with Crippen LogP contribution in [0.2, 0.25) is 0 Å². The fourth-order valence-electron chi connectivity index (χ4n) is 5.36. The Bertz CT molecular complexity index is 1050. The van der Waals surface area contributed by atoms with Gasteiger partial charge in [0.15, 0.2) is 11.7 Å². The van der Waals surface area contributed by atoms with Gasteiger partial charge in [0.1, 0.15) is 11.6 Å². The van der Waals surface area contributed by atoms with E-state index in [9.17, 15) is 9.70 Å². The normalized spacial score (nSPS) is 28.2. The van der Waals surface area contributed by atoms with Crippen LogP contribution in [0.1, 0.15) is 52.4 Å². The van der Waals surface area contributed by atoms with Gasteiger partial charge in [-0.25, -0.2) is 4.99 Å². The Morgan fingerprint density at radius 1 is 1.18 bits per heavy atom. The smallest absolute Gasteiger partial charge is 0.249 e. The first-order valence-electron chi connectivity index (χ1n) is 14.3. The van der Waals surface area contributed by atoms with E-state index < -0.39 is 17.6 Å². The molecule has 0 aromatic heterocycles. The molecule has 1 aromatic carbocycles. The van der Waals surface area contributed by atoms with Crippen LogP contribution in [0.4, 0.5) is 5.69 Å². The van der Waals surface area contributed by atoms with Gasteiger partial charge in [0.2, 0.25) is 5.91 Å². The second kappa shape index (κ2) is 13.3. The molecule has 11 heteroatoms. The van der Waals surface area contributed by atoms with E-state index in [1.807, 2.05) is 31.2 Å². The zero-order valence-corrected chi connectivity index (χ0v) is 23.6. The van der Waals surface area contributed by atoms with Crippen LogP contribution in [0.25, 0.3) is 0 Å². The SMILES string of the molecule is CCC1=NC(C)(C(N)=O)C(Nc2cccc(OCCCN3CCN(C)CC3)c2)N=C1NC1CCC(N=O)CC1. The first-order valence-corrected chi connectivity index (χ1v) is 14.3. The molecule has 1 amide bonds. The Labute approximate surface area is 231 Å². The maximum atomic E-state index is 12.6. The molecule has 1 aromatic rings.